The van der Waals surface area contributed by atoms with Gasteiger partial charge in [-0.1, -0.05) is 12.8 Å². The van der Waals surface area contributed by atoms with Crippen LogP contribution in [0.15, 0.2) is 22.7 Å². The van der Waals surface area contributed by atoms with Crippen LogP contribution in [-0.2, 0) is 6.18 Å². The average Bonchev–Trinajstić information content (AvgIpc) is 2.88. The summed E-state index contributed by atoms with van der Waals surface area (Å²) in [6.07, 6.45) is 0.0246. The summed E-state index contributed by atoms with van der Waals surface area (Å²) in [5.74, 6) is -0.0154. The van der Waals surface area contributed by atoms with Crippen molar-refractivity contribution in [1.29, 1.82) is 0 Å². The number of nitrogens with one attached hydrogen (secondary N) is 1. The standard InChI is InChI=1S/C14H15BrF3NO/c15-12-6-5-10(14(16,17)18)7-11(12)13(20)19-8-9-3-1-2-4-9/h5-7,9H,1-4,8H2,(H,19,20). The van der Waals surface area contributed by atoms with Crippen LogP contribution in [-0.4, -0.2) is 12.5 Å². The fourth-order valence-corrected chi connectivity index (χ4v) is 2.85. The number of carbonyl (C=O) groups is 1. The van der Waals surface area contributed by atoms with Gasteiger partial charge in [0.05, 0.1) is 11.1 Å². The number of benzene rings is 1. The minimum absolute atomic E-state index is 0.0258. The highest BCUT2D eigenvalue weighted by Gasteiger charge is 2.31. The molecule has 2 nitrogen and oxygen atoms in total. The molecule has 0 unspecified atom stereocenters. The summed E-state index contributed by atoms with van der Waals surface area (Å²) in [5, 5.41) is 2.72. The Morgan fingerprint density at radius 3 is 2.55 bits per heavy atom. The number of hydrogen-bond donors (Lipinski definition) is 1. The summed E-state index contributed by atoms with van der Waals surface area (Å²) in [6.45, 7) is 0.529. The number of halogens is 4. The number of rotatable bonds is 3. The topological polar surface area (TPSA) is 29.1 Å². The van der Waals surface area contributed by atoms with Crippen molar-refractivity contribution in [2.45, 2.75) is 31.9 Å². The minimum atomic E-state index is -4.44. The molecule has 0 saturated heterocycles. The van der Waals surface area contributed by atoms with E-state index in [9.17, 15) is 18.0 Å². The van der Waals surface area contributed by atoms with Gasteiger partial charge in [0.25, 0.3) is 5.91 Å². The molecule has 110 valence electrons. The third-order valence-electron chi connectivity index (χ3n) is 3.56. The molecule has 0 aromatic heterocycles. The van der Waals surface area contributed by atoms with Gasteiger partial charge in [0, 0.05) is 11.0 Å². The average molecular weight is 350 g/mol. The summed E-state index contributed by atoms with van der Waals surface area (Å²) in [5.41, 5.74) is -0.787. The van der Waals surface area contributed by atoms with Crippen molar-refractivity contribution < 1.29 is 18.0 Å². The first-order valence-corrected chi connectivity index (χ1v) is 7.32. The van der Waals surface area contributed by atoms with Crippen LogP contribution in [0.2, 0.25) is 0 Å². The first-order valence-electron chi connectivity index (χ1n) is 6.53. The van der Waals surface area contributed by atoms with Crippen LogP contribution in [0, 0.1) is 5.92 Å². The van der Waals surface area contributed by atoms with Crippen LogP contribution in [0.25, 0.3) is 0 Å². The highest BCUT2D eigenvalue weighted by molar-refractivity contribution is 9.10. The van der Waals surface area contributed by atoms with E-state index in [1.54, 1.807) is 0 Å². The third-order valence-corrected chi connectivity index (χ3v) is 4.26. The second kappa shape index (κ2) is 6.16. The zero-order valence-corrected chi connectivity index (χ0v) is 12.4. The molecule has 1 saturated carbocycles. The second-order valence-corrected chi connectivity index (χ2v) is 5.91. The molecule has 0 aliphatic heterocycles. The highest BCUT2D eigenvalue weighted by Crippen LogP contribution is 2.32. The SMILES string of the molecule is O=C(NCC1CCCC1)c1cc(C(F)(F)F)ccc1Br. The van der Waals surface area contributed by atoms with Gasteiger partial charge in [-0.15, -0.1) is 0 Å². The van der Waals surface area contributed by atoms with Gasteiger partial charge in [-0.05, 0) is 52.9 Å². The van der Waals surface area contributed by atoms with E-state index in [2.05, 4.69) is 21.2 Å². The molecule has 1 amide bonds. The van der Waals surface area contributed by atoms with Gasteiger partial charge in [-0.2, -0.15) is 13.2 Å². The van der Waals surface area contributed by atoms with Crippen molar-refractivity contribution in [3.05, 3.63) is 33.8 Å². The van der Waals surface area contributed by atoms with Crippen LogP contribution in [0.4, 0.5) is 13.2 Å². The maximum absolute atomic E-state index is 12.6. The van der Waals surface area contributed by atoms with Gasteiger partial charge in [-0.25, -0.2) is 0 Å². The first-order chi connectivity index (χ1) is 9.38. The van der Waals surface area contributed by atoms with Crippen LogP contribution >= 0.6 is 15.9 Å². The summed E-state index contributed by atoms with van der Waals surface area (Å²) >= 11 is 3.12. The smallest absolute Gasteiger partial charge is 0.352 e. The predicted octanol–water partition coefficient (Wildman–Crippen LogP) is 4.39. The van der Waals surface area contributed by atoms with Crippen molar-refractivity contribution in [3.8, 4) is 0 Å². The fourth-order valence-electron chi connectivity index (χ4n) is 2.42. The van der Waals surface area contributed by atoms with E-state index < -0.39 is 17.6 Å². The fraction of sp³-hybridized carbons (Fsp3) is 0.500. The third kappa shape index (κ3) is 3.75. The lowest BCUT2D eigenvalue weighted by molar-refractivity contribution is -0.137. The normalized spacial score (nSPS) is 16.4. The summed E-state index contributed by atoms with van der Waals surface area (Å²) in [7, 11) is 0. The largest absolute Gasteiger partial charge is 0.416 e. The molecule has 0 radical (unpaired) electrons. The molecule has 0 spiro atoms. The Hall–Kier alpha value is -1.04. The Kier molecular flexibility index (Phi) is 4.73. The predicted molar refractivity (Wildman–Crippen MR) is 73.4 cm³/mol. The number of hydrogen-bond acceptors (Lipinski definition) is 1. The molecule has 1 aliphatic carbocycles. The molecule has 2 rings (SSSR count). The summed E-state index contributed by atoms with van der Waals surface area (Å²) in [4.78, 5) is 12.0. The number of carbonyl (C=O) groups excluding carboxylic acids is 1. The summed E-state index contributed by atoms with van der Waals surface area (Å²) < 4.78 is 38.3. The Balaban J connectivity index is 2.08. The number of amides is 1. The zero-order valence-electron chi connectivity index (χ0n) is 10.8. The minimum Gasteiger partial charge on any atom is -0.352 e. The Morgan fingerprint density at radius 2 is 1.95 bits per heavy atom. The molecule has 1 aromatic carbocycles. The molecule has 0 bridgehead atoms. The van der Waals surface area contributed by atoms with Gasteiger partial charge in [0.1, 0.15) is 0 Å². The van der Waals surface area contributed by atoms with Crippen LogP contribution in [0.1, 0.15) is 41.6 Å². The first kappa shape index (κ1) is 15.4. The van der Waals surface area contributed by atoms with Gasteiger partial charge < -0.3 is 5.32 Å². The van der Waals surface area contributed by atoms with E-state index >= 15 is 0 Å². The molecule has 0 heterocycles. The van der Waals surface area contributed by atoms with Gasteiger partial charge in [0.15, 0.2) is 0 Å². The van der Waals surface area contributed by atoms with Crippen molar-refractivity contribution in [3.63, 3.8) is 0 Å². The number of alkyl halides is 3. The van der Waals surface area contributed by atoms with Crippen LogP contribution in [0.5, 0.6) is 0 Å². The Morgan fingerprint density at radius 1 is 1.30 bits per heavy atom. The van der Waals surface area contributed by atoms with Crippen molar-refractivity contribution in [2.24, 2.45) is 5.92 Å². The second-order valence-electron chi connectivity index (χ2n) is 5.05. The molecule has 1 fully saturated rings. The van der Waals surface area contributed by atoms with Gasteiger partial charge >= 0.3 is 6.18 Å². The lowest BCUT2D eigenvalue weighted by Crippen LogP contribution is -2.28. The van der Waals surface area contributed by atoms with Crippen LogP contribution in [0.3, 0.4) is 0 Å². The monoisotopic (exact) mass is 349 g/mol. The van der Waals surface area contributed by atoms with E-state index in [-0.39, 0.29) is 5.56 Å². The lowest BCUT2D eigenvalue weighted by Gasteiger charge is -2.13. The lowest BCUT2D eigenvalue weighted by atomic mass is 10.1. The molecule has 1 aliphatic rings. The zero-order chi connectivity index (χ0) is 14.8. The van der Waals surface area contributed by atoms with E-state index in [4.69, 9.17) is 0 Å². The Bertz CT molecular complexity index is 496. The Labute approximate surface area is 123 Å². The molecule has 6 heteroatoms. The van der Waals surface area contributed by atoms with Crippen molar-refractivity contribution in [2.75, 3.05) is 6.54 Å². The molecule has 20 heavy (non-hydrogen) atoms. The maximum atomic E-state index is 12.6. The van der Waals surface area contributed by atoms with Crippen LogP contribution < -0.4 is 5.32 Å². The summed E-state index contributed by atoms with van der Waals surface area (Å²) in [6, 6.07) is 3.10. The molecule has 0 atom stereocenters. The van der Waals surface area contributed by atoms with Gasteiger partial charge in [0.2, 0.25) is 0 Å². The molecular formula is C14H15BrF3NO. The van der Waals surface area contributed by atoms with Crippen molar-refractivity contribution >= 4 is 21.8 Å². The molecular weight excluding hydrogens is 335 g/mol. The van der Waals surface area contributed by atoms with Gasteiger partial charge in [-0.3, -0.25) is 4.79 Å². The van der Waals surface area contributed by atoms with E-state index in [1.807, 2.05) is 0 Å². The highest BCUT2D eigenvalue weighted by atomic mass is 79.9. The quantitative estimate of drug-likeness (QED) is 0.861. The van der Waals surface area contributed by atoms with Crippen molar-refractivity contribution in [1.82, 2.24) is 5.32 Å². The maximum Gasteiger partial charge on any atom is 0.416 e. The molecule has 1 N–H and O–H groups in total. The van der Waals surface area contributed by atoms with E-state index in [0.717, 1.165) is 37.8 Å². The van der Waals surface area contributed by atoms with E-state index in [0.29, 0.717) is 16.9 Å². The van der Waals surface area contributed by atoms with E-state index in [1.165, 1.54) is 6.07 Å². The molecule has 1 aromatic rings.